The summed E-state index contributed by atoms with van der Waals surface area (Å²) in [4.78, 5) is 41.1. The van der Waals surface area contributed by atoms with E-state index in [-0.39, 0.29) is 6.54 Å². The van der Waals surface area contributed by atoms with E-state index in [1.165, 1.54) is 4.90 Å². The molecule has 0 saturated carbocycles. The van der Waals surface area contributed by atoms with Gasteiger partial charge in [-0.1, -0.05) is 49.2 Å². The van der Waals surface area contributed by atoms with Gasteiger partial charge in [-0.25, -0.2) is 4.79 Å². The lowest BCUT2D eigenvalue weighted by atomic mass is 9.97. The molecule has 7 heteroatoms. The van der Waals surface area contributed by atoms with Crippen LogP contribution in [0.25, 0.3) is 0 Å². The highest BCUT2D eigenvalue weighted by Gasteiger charge is 2.35. The van der Waals surface area contributed by atoms with Gasteiger partial charge in [0.2, 0.25) is 5.91 Å². The van der Waals surface area contributed by atoms with Gasteiger partial charge in [0.05, 0.1) is 0 Å². The first-order chi connectivity index (χ1) is 16.5. The first-order valence-electron chi connectivity index (χ1n) is 11.7. The predicted octanol–water partition coefficient (Wildman–Crippen LogP) is 4.81. The van der Waals surface area contributed by atoms with Gasteiger partial charge in [-0.05, 0) is 64.3 Å². The molecule has 0 fully saturated rings. The number of nitrogens with one attached hydrogen (secondary N) is 2. The number of ether oxygens (including phenoxy) is 1. The van der Waals surface area contributed by atoms with Crippen molar-refractivity contribution in [3.8, 4) is 12.3 Å². The number of nitrogens with zero attached hydrogens (tertiary/aromatic N) is 1. The number of aryl methyl sites for hydroxylation is 1. The summed E-state index contributed by atoms with van der Waals surface area (Å²) in [7, 11) is 0. The van der Waals surface area contributed by atoms with Crippen LogP contribution in [0.5, 0.6) is 0 Å². The van der Waals surface area contributed by atoms with Crippen LogP contribution in [0.2, 0.25) is 0 Å². The smallest absolute Gasteiger partial charge is 0.408 e. The second kappa shape index (κ2) is 12.1. The Balaban J connectivity index is 2.46. The van der Waals surface area contributed by atoms with Gasteiger partial charge in [0.15, 0.2) is 0 Å². The molecule has 0 spiro atoms. The van der Waals surface area contributed by atoms with Crippen molar-refractivity contribution >= 4 is 23.6 Å². The molecule has 35 heavy (non-hydrogen) atoms. The quantitative estimate of drug-likeness (QED) is 0.534. The van der Waals surface area contributed by atoms with Crippen molar-refractivity contribution in [2.45, 2.75) is 65.6 Å². The third-order valence-electron chi connectivity index (χ3n) is 5.23. The van der Waals surface area contributed by atoms with Crippen LogP contribution in [0.15, 0.2) is 48.5 Å². The molecule has 2 N–H and O–H groups in total. The number of anilines is 1. The number of alkyl carbamates (subject to hydrolysis) is 1. The van der Waals surface area contributed by atoms with Gasteiger partial charge in [0.25, 0.3) is 5.91 Å². The average Bonchev–Trinajstić information content (AvgIpc) is 2.78. The highest BCUT2D eigenvalue weighted by Crippen LogP contribution is 2.28. The fourth-order valence-electron chi connectivity index (χ4n) is 3.63. The molecule has 2 aromatic carbocycles. The second-order valence-corrected chi connectivity index (χ2v) is 9.34. The molecule has 2 unspecified atom stereocenters. The molecule has 2 rings (SSSR count). The number of carbonyl (C=O) groups excluding carboxylic acids is 3. The molecule has 7 nitrogen and oxygen atoms in total. The highest BCUT2D eigenvalue weighted by molar-refractivity contribution is 5.99. The molecule has 0 bridgehead atoms. The van der Waals surface area contributed by atoms with E-state index in [0.29, 0.717) is 23.2 Å². The maximum atomic E-state index is 13.7. The van der Waals surface area contributed by atoms with Crippen LogP contribution in [0, 0.1) is 19.3 Å². The van der Waals surface area contributed by atoms with E-state index in [4.69, 9.17) is 11.2 Å². The van der Waals surface area contributed by atoms with Crippen LogP contribution in [0.3, 0.4) is 0 Å². The number of carbonyl (C=O) groups is 3. The largest absolute Gasteiger partial charge is 0.444 e. The van der Waals surface area contributed by atoms with Crippen molar-refractivity contribution in [2.75, 3.05) is 11.9 Å². The fourth-order valence-corrected chi connectivity index (χ4v) is 3.63. The van der Waals surface area contributed by atoms with Crippen molar-refractivity contribution in [1.82, 2.24) is 10.2 Å². The molecule has 0 heterocycles. The van der Waals surface area contributed by atoms with Crippen molar-refractivity contribution < 1.29 is 19.1 Å². The number of para-hydroxylation sites is 1. The average molecular weight is 478 g/mol. The zero-order valence-corrected chi connectivity index (χ0v) is 21.3. The summed E-state index contributed by atoms with van der Waals surface area (Å²) in [5.41, 5.74) is 1.87. The maximum Gasteiger partial charge on any atom is 0.408 e. The van der Waals surface area contributed by atoms with Crippen LogP contribution in [-0.2, 0) is 14.3 Å². The summed E-state index contributed by atoms with van der Waals surface area (Å²) in [5, 5.41) is 5.53. The molecular weight excluding hydrogens is 442 g/mol. The Hall–Kier alpha value is -3.79. The van der Waals surface area contributed by atoms with E-state index in [0.717, 1.165) is 5.56 Å². The van der Waals surface area contributed by atoms with E-state index in [1.54, 1.807) is 58.0 Å². The molecule has 186 valence electrons. The van der Waals surface area contributed by atoms with Crippen LogP contribution in [-0.4, -0.2) is 41.0 Å². The molecule has 0 saturated heterocycles. The number of hydrogen-bond acceptors (Lipinski definition) is 4. The molecule has 3 amide bonds. The summed E-state index contributed by atoms with van der Waals surface area (Å²) in [6, 6.07) is 12.5. The molecule has 0 aliphatic carbocycles. The molecule has 2 atom stereocenters. The molecule has 0 aliphatic rings. The predicted molar refractivity (Wildman–Crippen MR) is 138 cm³/mol. The monoisotopic (exact) mass is 477 g/mol. The highest BCUT2D eigenvalue weighted by atomic mass is 16.6. The number of terminal acetylenes is 1. The van der Waals surface area contributed by atoms with Gasteiger partial charge in [0, 0.05) is 17.8 Å². The Labute approximate surface area is 208 Å². The van der Waals surface area contributed by atoms with Gasteiger partial charge in [-0.2, -0.15) is 0 Å². The Bertz CT molecular complexity index is 1100. The van der Waals surface area contributed by atoms with Gasteiger partial charge < -0.3 is 20.3 Å². The summed E-state index contributed by atoms with van der Waals surface area (Å²) in [6.07, 6.45) is 5.63. The standard InChI is InChI=1S/C28H35N3O4/c1-8-18-31(26(33)20(4)29-27(34)35-28(5,6)7)24(22-16-12-11-15-21(22)9-2)25(32)30-23-17-13-10-14-19(23)3/h2,10-17,20,24H,8,18H2,1,3-7H3,(H,29,34)(H,30,32). The lowest BCUT2D eigenvalue weighted by molar-refractivity contribution is -0.140. The van der Waals surface area contributed by atoms with Crippen molar-refractivity contribution in [3.63, 3.8) is 0 Å². The van der Waals surface area contributed by atoms with Crippen LogP contribution >= 0.6 is 0 Å². The number of benzene rings is 2. The SMILES string of the molecule is C#Cc1ccccc1C(C(=O)Nc1ccccc1C)N(CCC)C(=O)C(C)NC(=O)OC(C)(C)C. The van der Waals surface area contributed by atoms with E-state index in [2.05, 4.69) is 16.6 Å². The summed E-state index contributed by atoms with van der Waals surface area (Å²) in [6.45, 7) is 10.9. The molecule has 0 aromatic heterocycles. The van der Waals surface area contributed by atoms with E-state index in [1.807, 2.05) is 32.0 Å². The normalized spacial score (nSPS) is 12.6. The minimum absolute atomic E-state index is 0.282. The minimum Gasteiger partial charge on any atom is -0.444 e. The minimum atomic E-state index is -1.00. The topological polar surface area (TPSA) is 87.7 Å². The number of amides is 3. The fraction of sp³-hybridized carbons (Fsp3) is 0.393. The Morgan fingerprint density at radius 1 is 1.09 bits per heavy atom. The summed E-state index contributed by atoms with van der Waals surface area (Å²) >= 11 is 0. The third kappa shape index (κ3) is 7.61. The first kappa shape index (κ1) is 27.5. The molecule has 0 aliphatic heterocycles. The third-order valence-corrected chi connectivity index (χ3v) is 5.23. The number of rotatable bonds is 8. The van der Waals surface area contributed by atoms with Crippen LogP contribution in [0.4, 0.5) is 10.5 Å². The molecule has 0 radical (unpaired) electrons. The second-order valence-electron chi connectivity index (χ2n) is 9.34. The lowest BCUT2D eigenvalue weighted by Gasteiger charge is -2.34. The molecular formula is C28H35N3O4. The zero-order valence-electron chi connectivity index (χ0n) is 21.3. The van der Waals surface area contributed by atoms with Gasteiger partial charge in [-0.3, -0.25) is 9.59 Å². The summed E-state index contributed by atoms with van der Waals surface area (Å²) < 4.78 is 5.29. The van der Waals surface area contributed by atoms with Crippen molar-refractivity contribution in [2.24, 2.45) is 0 Å². The van der Waals surface area contributed by atoms with Crippen LogP contribution < -0.4 is 10.6 Å². The Morgan fingerprint density at radius 2 is 1.71 bits per heavy atom. The van der Waals surface area contributed by atoms with Crippen molar-refractivity contribution in [3.05, 3.63) is 65.2 Å². The molecule has 2 aromatic rings. The van der Waals surface area contributed by atoms with E-state index >= 15 is 0 Å². The Morgan fingerprint density at radius 3 is 2.31 bits per heavy atom. The van der Waals surface area contributed by atoms with Crippen molar-refractivity contribution in [1.29, 1.82) is 0 Å². The van der Waals surface area contributed by atoms with E-state index < -0.39 is 35.6 Å². The van der Waals surface area contributed by atoms with Gasteiger partial charge in [-0.15, -0.1) is 6.42 Å². The lowest BCUT2D eigenvalue weighted by Crippen LogP contribution is -2.51. The zero-order chi connectivity index (χ0) is 26.2. The first-order valence-corrected chi connectivity index (χ1v) is 11.7. The van der Waals surface area contributed by atoms with Crippen LogP contribution in [0.1, 0.15) is 63.8 Å². The number of hydrogen-bond donors (Lipinski definition) is 2. The Kier molecular flexibility index (Phi) is 9.47. The van der Waals surface area contributed by atoms with Gasteiger partial charge in [0.1, 0.15) is 17.7 Å². The maximum absolute atomic E-state index is 13.7. The van der Waals surface area contributed by atoms with E-state index in [9.17, 15) is 14.4 Å². The van der Waals surface area contributed by atoms with Gasteiger partial charge >= 0.3 is 6.09 Å². The summed E-state index contributed by atoms with van der Waals surface area (Å²) in [5.74, 6) is 1.80.